The lowest BCUT2D eigenvalue weighted by atomic mass is 10.1. The number of amides is 3. The van der Waals surface area contributed by atoms with Crippen LogP contribution in [0.15, 0.2) is 42.5 Å². The van der Waals surface area contributed by atoms with Crippen molar-refractivity contribution in [3.05, 3.63) is 53.7 Å². The van der Waals surface area contributed by atoms with E-state index < -0.39 is 5.60 Å². The molecule has 8 heteroatoms. The topological polar surface area (TPSA) is 103 Å². The van der Waals surface area contributed by atoms with E-state index in [9.17, 15) is 19.5 Å². The molecule has 3 amide bonds. The van der Waals surface area contributed by atoms with Crippen molar-refractivity contribution >= 4 is 17.7 Å². The maximum Gasteiger partial charge on any atom is 0.269 e. The third-order valence-corrected chi connectivity index (χ3v) is 5.61. The summed E-state index contributed by atoms with van der Waals surface area (Å²) in [5, 5.41) is 12.5. The highest BCUT2D eigenvalue weighted by molar-refractivity contribution is 5.95. The molecule has 1 aliphatic carbocycles. The first-order valence-corrected chi connectivity index (χ1v) is 10.0. The lowest BCUT2D eigenvalue weighted by Crippen LogP contribution is -2.53. The van der Waals surface area contributed by atoms with Crippen molar-refractivity contribution in [3.8, 4) is 11.3 Å². The number of benzene rings is 1. The molecule has 0 atom stereocenters. The molecule has 2 heterocycles. The van der Waals surface area contributed by atoms with Gasteiger partial charge in [-0.25, -0.2) is 4.98 Å². The molecule has 1 aromatic carbocycles. The minimum atomic E-state index is -1.16. The summed E-state index contributed by atoms with van der Waals surface area (Å²) in [6.07, 6.45) is 1.05. The summed E-state index contributed by atoms with van der Waals surface area (Å²) in [6.45, 7) is 1.75. The Balaban J connectivity index is 1.40. The fourth-order valence-corrected chi connectivity index (χ4v) is 3.56. The van der Waals surface area contributed by atoms with Crippen LogP contribution in [0.4, 0.5) is 0 Å². The SMILES string of the molecule is CNC(=O)c1cccc(-c2ccc(C(=O)N3CCN(C(=O)C4(O)CC4)CC3)cc2)n1. The zero-order valence-corrected chi connectivity index (χ0v) is 16.8. The van der Waals surface area contributed by atoms with E-state index in [1.807, 2.05) is 18.2 Å². The molecule has 30 heavy (non-hydrogen) atoms. The number of carbonyl (C=O) groups excluding carboxylic acids is 3. The van der Waals surface area contributed by atoms with Gasteiger partial charge in [0.15, 0.2) is 0 Å². The Kier molecular flexibility index (Phi) is 5.26. The first-order chi connectivity index (χ1) is 14.4. The molecule has 2 aromatic rings. The third-order valence-electron chi connectivity index (χ3n) is 5.61. The second-order valence-electron chi connectivity index (χ2n) is 7.68. The van der Waals surface area contributed by atoms with Crippen LogP contribution in [0.25, 0.3) is 11.3 Å². The predicted molar refractivity (Wildman–Crippen MR) is 110 cm³/mol. The van der Waals surface area contributed by atoms with Crippen molar-refractivity contribution in [2.75, 3.05) is 33.2 Å². The minimum absolute atomic E-state index is 0.0918. The summed E-state index contributed by atoms with van der Waals surface area (Å²) < 4.78 is 0. The van der Waals surface area contributed by atoms with E-state index in [0.717, 1.165) is 5.56 Å². The van der Waals surface area contributed by atoms with E-state index in [1.165, 1.54) is 0 Å². The van der Waals surface area contributed by atoms with Gasteiger partial charge in [-0.2, -0.15) is 0 Å². The zero-order chi connectivity index (χ0) is 21.3. The molecule has 0 bridgehead atoms. The first-order valence-electron chi connectivity index (χ1n) is 10.0. The van der Waals surface area contributed by atoms with Crippen LogP contribution in [0, 0.1) is 0 Å². The molecule has 0 unspecified atom stereocenters. The predicted octanol–water partition coefficient (Wildman–Crippen LogP) is 0.917. The highest BCUT2D eigenvalue weighted by Gasteiger charge is 2.50. The summed E-state index contributed by atoms with van der Waals surface area (Å²) in [5.41, 5.74) is 1.19. The van der Waals surface area contributed by atoms with Crippen LogP contribution < -0.4 is 5.32 Å². The Morgan fingerprint density at radius 2 is 1.60 bits per heavy atom. The van der Waals surface area contributed by atoms with Gasteiger partial charge >= 0.3 is 0 Å². The maximum absolute atomic E-state index is 12.8. The number of nitrogens with one attached hydrogen (secondary N) is 1. The first kappa shape index (κ1) is 20.0. The molecule has 4 rings (SSSR count). The van der Waals surface area contributed by atoms with Crippen LogP contribution in [0.1, 0.15) is 33.7 Å². The van der Waals surface area contributed by atoms with E-state index in [4.69, 9.17) is 0 Å². The number of piperazine rings is 1. The van der Waals surface area contributed by atoms with Gasteiger partial charge in [0.05, 0.1) is 5.69 Å². The number of rotatable bonds is 4. The van der Waals surface area contributed by atoms with Crippen molar-refractivity contribution in [2.45, 2.75) is 18.4 Å². The van der Waals surface area contributed by atoms with Crippen molar-refractivity contribution in [1.29, 1.82) is 0 Å². The number of hydrogen-bond donors (Lipinski definition) is 2. The van der Waals surface area contributed by atoms with E-state index in [-0.39, 0.29) is 17.7 Å². The van der Waals surface area contributed by atoms with E-state index in [2.05, 4.69) is 10.3 Å². The molecule has 0 spiro atoms. The Hall–Kier alpha value is -3.26. The molecule has 1 aliphatic heterocycles. The average Bonchev–Trinajstić information content (AvgIpc) is 3.56. The number of hydrogen-bond acceptors (Lipinski definition) is 5. The van der Waals surface area contributed by atoms with E-state index in [0.29, 0.717) is 56.0 Å². The molecule has 156 valence electrons. The molecular formula is C22H24N4O4. The molecule has 2 fully saturated rings. The molecule has 1 aromatic heterocycles. The molecule has 1 saturated heterocycles. The van der Waals surface area contributed by atoms with Gasteiger partial charge in [-0.15, -0.1) is 0 Å². The number of nitrogens with zero attached hydrogens (tertiary/aromatic N) is 3. The maximum atomic E-state index is 12.8. The van der Waals surface area contributed by atoms with Crippen LogP contribution in [0.5, 0.6) is 0 Å². The van der Waals surface area contributed by atoms with Crippen LogP contribution in [0.2, 0.25) is 0 Å². The minimum Gasteiger partial charge on any atom is -0.380 e. The summed E-state index contributed by atoms with van der Waals surface area (Å²) in [6, 6.07) is 12.3. The van der Waals surface area contributed by atoms with Gasteiger partial charge in [0.25, 0.3) is 17.7 Å². The zero-order valence-electron chi connectivity index (χ0n) is 16.8. The molecule has 2 aliphatic rings. The molecule has 2 N–H and O–H groups in total. The highest BCUT2D eigenvalue weighted by Crippen LogP contribution is 2.37. The van der Waals surface area contributed by atoms with Gasteiger partial charge in [0, 0.05) is 44.4 Å². The molecule has 0 radical (unpaired) electrons. The Bertz CT molecular complexity index is 977. The van der Waals surface area contributed by atoms with E-state index in [1.54, 1.807) is 41.1 Å². The second kappa shape index (κ2) is 7.87. The summed E-state index contributed by atoms with van der Waals surface area (Å²) in [5.74, 6) is -0.564. The summed E-state index contributed by atoms with van der Waals surface area (Å²) in [7, 11) is 1.56. The van der Waals surface area contributed by atoms with Gasteiger partial charge in [0.1, 0.15) is 11.3 Å². The van der Waals surface area contributed by atoms with Gasteiger partial charge in [-0.3, -0.25) is 14.4 Å². The quantitative estimate of drug-likeness (QED) is 0.783. The fraction of sp³-hybridized carbons (Fsp3) is 0.364. The van der Waals surface area contributed by atoms with Crippen molar-refractivity contribution in [3.63, 3.8) is 0 Å². The molecular weight excluding hydrogens is 384 g/mol. The Morgan fingerprint density at radius 3 is 2.20 bits per heavy atom. The lowest BCUT2D eigenvalue weighted by molar-refractivity contribution is -0.143. The number of aromatic nitrogens is 1. The number of carbonyl (C=O) groups is 3. The normalized spacial score (nSPS) is 17.4. The number of aliphatic hydroxyl groups is 1. The second-order valence-corrected chi connectivity index (χ2v) is 7.68. The van der Waals surface area contributed by atoms with Gasteiger partial charge in [-0.1, -0.05) is 18.2 Å². The van der Waals surface area contributed by atoms with Gasteiger partial charge in [-0.05, 0) is 37.1 Å². The molecule has 8 nitrogen and oxygen atoms in total. The van der Waals surface area contributed by atoms with Gasteiger partial charge < -0.3 is 20.2 Å². The van der Waals surface area contributed by atoms with Crippen LogP contribution >= 0.6 is 0 Å². The average molecular weight is 408 g/mol. The Labute approximate surface area is 174 Å². The highest BCUT2D eigenvalue weighted by atomic mass is 16.3. The third kappa shape index (κ3) is 3.91. The van der Waals surface area contributed by atoms with Crippen LogP contribution in [-0.2, 0) is 4.79 Å². The number of pyridine rings is 1. The molecule has 1 saturated carbocycles. The van der Waals surface area contributed by atoms with Crippen molar-refractivity contribution < 1.29 is 19.5 Å². The smallest absolute Gasteiger partial charge is 0.269 e. The van der Waals surface area contributed by atoms with Crippen molar-refractivity contribution in [2.24, 2.45) is 0 Å². The van der Waals surface area contributed by atoms with Crippen LogP contribution in [0.3, 0.4) is 0 Å². The summed E-state index contributed by atoms with van der Waals surface area (Å²) in [4.78, 5) is 44.6. The standard InChI is InChI=1S/C22H24N4O4/c1-23-19(27)18-4-2-3-17(24-18)15-5-7-16(8-6-15)20(28)25-11-13-26(14-12-25)21(29)22(30)9-10-22/h2-8,30H,9-14H2,1H3,(H,23,27). The Morgan fingerprint density at radius 1 is 0.967 bits per heavy atom. The largest absolute Gasteiger partial charge is 0.380 e. The van der Waals surface area contributed by atoms with Gasteiger partial charge in [0.2, 0.25) is 0 Å². The monoisotopic (exact) mass is 408 g/mol. The van der Waals surface area contributed by atoms with E-state index >= 15 is 0 Å². The fourth-order valence-electron chi connectivity index (χ4n) is 3.56. The lowest BCUT2D eigenvalue weighted by Gasteiger charge is -2.35. The summed E-state index contributed by atoms with van der Waals surface area (Å²) >= 11 is 0. The van der Waals surface area contributed by atoms with Crippen molar-refractivity contribution in [1.82, 2.24) is 20.1 Å². The van der Waals surface area contributed by atoms with Crippen LogP contribution in [-0.4, -0.2) is 76.4 Å².